The van der Waals surface area contributed by atoms with Crippen LogP contribution in [-0.4, -0.2) is 24.6 Å². The highest BCUT2D eigenvalue weighted by Crippen LogP contribution is 2.20. The molecule has 1 aliphatic carbocycles. The summed E-state index contributed by atoms with van der Waals surface area (Å²) >= 11 is 0. The molecular weight excluding hydrogens is 294 g/mol. The number of allylic oxidation sites excluding steroid dienone is 2. The molecule has 0 radical (unpaired) electrons. The molecule has 124 valence electrons. The van der Waals surface area contributed by atoms with E-state index in [0.717, 1.165) is 18.6 Å². The van der Waals surface area contributed by atoms with Gasteiger partial charge in [-0.1, -0.05) is 12.2 Å². The van der Waals surface area contributed by atoms with Gasteiger partial charge in [-0.15, -0.1) is 0 Å². The molecule has 1 aromatic carbocycles. The number of anilines is 1. The highest BCUT2D eigenvalue weighted by molar-refractivity contribution is 5.95. The zero-order valence-corrected chi connectivity index (χ0v) is 13.6. The van der Waals surface area contributed by atoms with Crippen LogP contribution in [-0.2, 0) is 14.3 Å². The van der Waals surface area contributed by atoms with Crippen molar-refractivity contribution in [1.82, 2.24) is 0 Å². The molecule has 0 fully saturated rings. The van der Waals surface area contributed by atoms with Gasteiger partial charge in [0.2, 0.25) is 0 Å². The molecule has 1 N–H and O–H groups in total. The highest BCUT2D eigenvalue weighted by atomic mass is 16.5. The summed E-state index contributed by atoms with van der Waals surface area (Å²) < 4.78 is 10.6. The maximum Gasteiger partial charge on any atom is 0.310 e. The van der Waals surface area contributed by atoms with Crippen molar-refractivity contribution < 1.29 is 19.1 Å². The molecule has 5 heteroatoms. The molecule has 0 saturated carbocycles. The molecule has 2 rings (SSSR count). The van der Waals surface area contributed by atoms with Crippen molar-refractivity contribution in [3.05, 3.63) is 36.4 Å². The number of esters is 1. The number of carbonyl (C=O) groups excluding carboxylic acids is 2. The van der Waals surface area contributed by atoms with Crippen molar-refractivity contribution >= 4 is 17.6 Å². The Morgan fingerprint density at radius 2 is 2.00 bits per heavy atom. The van der Waals surface area contributed by atoms with Crippen LogP contribution in [0.5, 0.6) is 5.75 Å². The first-order valence-electron chi connectivity index (χ1n) is 7.99. The summed E-state index contributed by atoms with van der Waals surface area (Å²) in [6.45, 7) is 4.09. The summed E-state index contributed by atoms with van der Waals surface area (Å²) in [4.78, 5) is 24.1. The molecule has 1 amide bonds. The topological polar surface area (TPSA) is 64.6 Å². The van der Waals surface area contributed by atoms with Gasteiger partial charge in [0, 0.05) is 5.69 Å². The van der Waals surface area contributed by atoms with E-state index in [1.807, 2.05) is 13.0 Å². The van der Waals surface area contributed by atoms with Gasteiger partial charge >= 0.3 is 5.97 Å². The van der Waals surface area contributed by atoms with Gasteiger partial charge in [0.1, 0.15) is 5.75 Å². The van der Waals surface area contributed by atoms with Gasteiger partial charge in [0.25, 0.3) is 5.91 Å². The Balaban J connectivity index is 1.84. The fraction of sp³-hybridized carbons (Fsp3) is 0.444. The standard InChI is InChI=1S/C18H23NO4/c1-3-22-16-11-9-15(10-12-16)19-17(20)13(2)23-18(21)14-7-5-4-6-8-14/h4-5,9-14H,3,6-8H2,1-2H3,(H,19,20)/t13-,14+/m1/s1. The smallest absolute Gasteiger partial charge is 0.310 e. The van der Waals surface area contributed by atoms with E-state index >= 15 is 0 Å². The number of carbonyl (C=O) groups is 2. The maximum atomic E-state index is 12.1. The van der Waals surface area contributed by atoms with Crippen molar-refractivity contribution in [3.8, 4) is 5.75 Å². The predicted octanol–water partition coefficient (Wildman–Crippen LogP) is 3.31. The molecule has 1 aromatic rings. The van der Waals surface area contributed by atoms with Crippen LogP contribution in [0.2, 0.25) is 0 Å². The van der Waals surface area contributed by atoms with Gasteiger partial charge in [0.15, 0.2) is 6.10 Å². The second-order valence-electron chi connectivity index (χ2n) is 5.51. The summed E-state index contributed by atoms with van der Waals surface area (Å²) in [6.07, 6.45) is 5.58. The molecule has 5 nitrogen and oxygen atoms in total. The van der Waals surface area contributed by atoms with Crippen LogP contribution in [0.4, 0.5) is 5.69 Å². The minimum atomic E-state index is -0.819. The highest BCUT2D eigenvalue weighted by Gasteiger charge is 2.25. The Bertz CT molecular complexity index is 565. The summed E-state index contributed by atoms with van der Waals surface area (Å²) in [7, 11) is 0. The minimum Gasteiger partial charge on any atom is -0.494 e. The number of amides is 1. The van der Waals surface area contributed by atoms with E-state index in [-0.39, 0.29) is 17.8 Å². The van der Waals surface area contributed by atoms with E-state index < -0.39 is 6.10 Å². The second-order valence-corrected chi connectivity index (χ2v) is 5.51. The Morgan fingerprint density at radius 1 is 1.26 bits per heavy atom. The summed E-state index contributed by atoms with van der Waals surface area (Å²) in [6, 6.07) is 7.07. The van der Waals surface area contributed by atoms with Gasteiger partial charge in [-0.25, -0.2) is 0 Å². The van der Waals surface area contributed by atoms with Crippen LogP contribution < -0.4 is 10.1 Å². The van der Waals surface area contributed by atoms with Gasteiger partial charge in [0.05, 0.1) is 12.5 Å². The van der Waals surface area contributed by atoms with Crippen LogP contribution in [0.3, 0.4) is 0 Å². The molecular formula is C18H23NO4. The molecule has 2 atom stereocenters. The number of nitrogens with one attached hydrogen (secondary N) is 1. The average Bonchev–Trinajstić information content (AvgIpc) is 2.57. The summed E-state index contributed by atoms with van der Waals surface area (Å²) in [5.41, 5.74) is 0.641. The van der Waals surface area contributed by atoms with E-state index in [9.17, 15) is 9.59 Å². The van der Waals surface area contributed by atoms with Crippen molar-refractivity contribution in [2.75, 3.05) is 11.9 Å². The Hall–Kier alpha value is -2.30. The zero-order valence-electron chi connectivity index (χ0n) is 13.6. The third-order valence-corrected chi connectivity index (χ3v) is 3.70. The van der Waals surface area contributed by atoms with E-state index in [1.54, 1.807) is 31.2 Å². The lowest BCUT2D eigenvalue weighted by Gasteiger charge is -2.19. The summed E-state index contributed by atoms with van der Waals surface area (Å²) in [5.74, 6) is -0.0337. The average molecular weight is 317 g/mol. The van der Waals surface area contributed by atoms with Crippen LogP contribution >= 0.6 is 0 Å². The molecule has 0 bridgehead atoms. The van der Waals surface area contributed by atoms with Crippen molar-refractivity contribution in [3.63, 3.8) is 0 Å². The minimum absolute atomic E-state index is 0.138. The lowest BCUT2D eigenvalue weighted by atomic mass is 9.95. The van der Waals surface area contributed by atoms with E-state index in [1.165, 1.54) is 0 Å². The van der Waals surface area contributed by atoms with Crippen LogP contribution in [0.25, 0.3) is 0 Å². The monoisotopic (exact) mass is 317 g/mol. The maximum absolute atomic E-state index is 12.1. The van der Waals surface area contributed by atoms with Crippen LogP contribution in [0.1, 0.15) is 33.1 Å². The van der Waals surface area contributed by atoms with Gasteiger partial charge in [-0.05, 0) is 57.4 Å². The van der Waals surface area contributed by atoms with Crippen molar-refractivity contribution in [2.45, 2.75) is 39.2 Å². The van der Waals surface area contributed by atoms with E-state index in [2.05, 4.69) is 11.4 Å². The molecule has 0 aromatic heterocycles. The molecule has 0 unspecified atom stereocenters. The Kier molecular flexibility index (Phi) is 6.20. The first-order chi connectivity index (χ1) is 11.1. The van der Waals surface area contributed by atoms with Gasteiger partial charge < -0.3 is 14.8 Å². The molecule has 0 spiro atoms. The number of rotatable bonds is 6. The second kappa shape index (κ2) is 8.36. The SMILES string of the molecule is CCOc1ccc(NC(=O)[C@@H](C)OC(=O)[C@H]2CC=CCC2)cc1. The number of hydrogen-bond donors (Lipinski definition) is 1. The number of hydrogen-bond acceptors (Lipinski definition) is 4. The lowest BCUT2D eigenvalue weighted by molar-refractivity contribution is -0.157. The predicted molar refractivity (Wildman–Crippen MR) is 88.3 cm³/mol. The van der Waals surface area contributed by atoms with Gasteiger partial charge in [-0.3, -0.25) is 9.59 Å². The molecule has 1 aliphatic rings. The molecule has 0 aliphatic heterocycles. The molecule has 23 heavy (non-hydrogen) atoms. The third-order valence-electron chi connectivity index (χ3n) is 3.70. The van der Waals surface area contributed by atoms with E-state index in [0.29, 0.717) is 18.7 Å². The largest absolute Gasteiger partial charge is 0.494 e. The number of benzene rings is 1. The van der Waals surface area contributed by atoms with Crippen LogP contribution in [0, 0.1) is 5.92 Å². The zero-order chi connectivity index (χ0) is 16.7. The van der Waals surface area contributed by atoms with Crippen LogP contribution in [0.15, 0.2) is 36.4 Å². The molecule has 0 saturated heterocycles. The third kappa shape index (κ3) is 5.13. The van der Waals surface area contributed by atoms with E-state index in [4.69, 9.17) is 9.47 Å². The fourth-order valence-corrected chi connectivity index (χ4v) is 2.38. The normalized spacial score (nSPS) is 18.1. The first kappa shape index (κ1) is 17.1. The Morgan fingerprint density at radius 3 is 2.61 bits per heavy atom. The van der Waals surface area contributed by atoms with Crippen molar-refractivity contribution in [1.29, 1.82) is 0 Å². The summed E-state index contributed by atoms with van der Waals surface area (Å²) in [5, 5.41) is 2.73. The van der Waals surface area contributed by atoms with Crippen molar-refractivity contribution in [2.24, 2.45) is 5.92 Å². The molecule has 0 heterocycles. The fourth-order valence-electron chi connectivity index (χ4n) is 2.38. The lowest BCUT2D eigenvalue weighted by Crippen LogP contribution is -2.32. The Labute approximate surface area is 136 Å². The quantitative estimate of drug-likeness (QED) is 0.646. The van der Waals surface area contributed by atoms with Gasteiger partial charge in [-0.2, -0.15) is 0 Å². The number of ether oxygens (including phenoxy) is 2. The first-order valence-corrected chi connectivity index (χ1v) is 7.99.